The van der Waals surface area contributed by atoms with Gasteiger partial charge in [-0.15, -0.1) is 0 Å². The van der Waals surface area contributed by atoms with Crippen LogP contribution in [0.1, 0.15) is 38.2 Å². The average molecular weight is 476 g/mol. The van der Waals surface area contributed by atoms with Crippen molar-refractivity contribution in [1.29, 1.82) is 0 Å². The van der Waals surface area contributed by atoms with Crippen molar-refractivity contribution in [3.05, 3.63) is 28.8 Å². The molecule has 1 saturated heterocycles. The molecule has 32 heavy (non-hydrogen) atoms. The van der Waals surface area contributed by atoms with Crippen LogP contribution in [0.15, 0.2) is 18.2 Å². The lowest BCUT2D eigenvalue weighted by atomic mass is 9.73. The van der Waals surface area contributed by atoms with Crippen molar-refractivity contribution in [2.75, 3.05) is 18.5 Å². The van der Waals surface area contributed by atoms with Crippen molar-refractivity contribution in [3.63, 3.8) is 0 Å². The Morgan fingerprint density at radius 2 is 2.03 bits per heavy atom. The normalized spacial score (nSPS) is 23.3. The first-order valence-electron chi connectivity index (χ1n) is 9.90. The number of esters is 1. The van der Waals surface area contributed by atoms with Gasteiger partial charge in [-0.1, -0.05) is 31.4 Å². The largest absolute Gasteiger partial charge is 0.454 e. The van der Waals surface area contributed by atoms with Gasteiger partial charge in [-0.2, -0.15) is 13.2 Å². The number of hydrogen-bond donors (Lipinski definition) is 2. The van der Waals surface area contributed by atoms with Crippen molar-refractivity contribution in [1.82, 2.24) is 10.2 Å². The van der Waals surface area contributed by atoms with E-state index in [-0.39, 0.29) is 10.9 Å². The number of nitrogens with zero attached hydrogens (tertiary/aromatic N) is 1. The van der Waals surface area contributed by atoms with Crippen molar-refractivity contribution >= 4 is 41.1 Å². The summed E-state index contributed by atoms with van der Waals surface area (Å²) >= 11 is 5.58. The van der Waals surface area contributed by atoms with Crippen LogP contribution in [0, 0.1) is 5.92 Å². The van der Waals surface area contributed by atoms with Crippen LogP contribution in [-0.4, -0.2) is 47.4 Å². The number of imide groups is 1. The first kappa shape index (κ1) is 23.8. The summed E-state index contributed by atoms with van der Waals surface area (Å²) in [4.78, 5) is 49.9. The highest BCUT2D eigenvalue weighted by Gasteiger charge is 2.55. The SMILES string of the molecule is CC1CCCCC12NC(=O)N(CC(=O)OCC(=O)Nc1ccc(Cl)cc1C(F)(F)F)C2=O. The lowest BCUT2D eigenvalue weighted by Crippen LogP contribution is -2.54. The van der Waals surface area contributed by atoms with Gasteiger partial charge in [-0.05, 0) is 37.0 Å². The number of alkyl halides is 3. The Morgan fingerprint density at radius 1 is 1.31 bits per heavy atom. The van der Waals surface area contributed by atoms with Crippen molar-refractivity contribution in [2.45, 2.75) is 44.3 Å². The minimum absolute atomic E-state index is 0.0956. The quantitative estimate of drug-likeness (QED) is 0.502. The number of amides is 4. The molecule has 3 rings (SSSR count). The summed E-state index contributed by atoms with van der Waals surface area (Å²) in [6.45, 7) is 0.251. The third-order valence-corrected chi connectivity index (χ3v) is 5.95. The summed E-state index contributed by atoms with van der Waals surface area (Å²) in [5.74, 6) is -2.69. The van der Waals surface area contributed by atoms with Gasteiger partial charge in [-0.3, -0.25) is 19.3 Å². The second kappa shape index (κ2) is 8.97. The maximum absolute atomic E-state index is 13.1. The number of carbonyl (C=O) groups excluding carboxylic acids is 4. The number of rotatable bonds is 5. The van der Waals surface area contributed by atoms with Crippen LogP contribution in [0.25, 0.3) is 0 Å². The second-order valence-electron chi connectivity index (χ2n) is 7.84. The van der Waals surface area contributed by atoms with Gasteiger partial charge in [0.2, 0.25) is 0 Å². The van der Waals surface area contributed by atoms with E-state index in [1.54, 1.807) is 0 Å². The highest BCUT2D eigenvalue weighted by molar-refractivity contribution is 6.30. The zero-order valence-corrected chi connectivity index (χ0v) is 17.8. The molecule has 12 heteroatoms. The molecule has 8 nitrogen and oxygen atoms in total. The maximum atomic E-state index is 13.1. The molecule has 1 spiro atoms. The van der Waals surface area contributed by atoms with E-state index >= 15 is 0 Å². The van der Waals surface area contributed by atoms with Crippen LogP contribution < -0.4 is 10.6 Å². The van der Waals surface area contributed by atoms with Crippen molar-refractivity contribution in [2.24, 2.45) is 5.92 Å². The summed E-state index contributed by atoms with van der Waals surface area (Å²) in [6, 6.07) is 2.07. The van der Waals surface area contributed by atoms with E-state index in [4.69, 9.17) is 16.3 Å². The number of urea groups is 1. The van der Waals surface area contributed by atoms with Gasteiger partial charge in [0.1, 0.15) is 12.1 Å². The second-order valence-corrected chi connectivity index (χ2v) is 8.27. The Morgan fingerprint density at radius 3 is 2.69 bits per heavy atom. The molecule has 4 amide bonds. The molecule has 0 aromatic heterocycles. The molecule has 0 radical (unpaired) electrons. The number of carbonyl (C=O) groups is 4. The standard InChI is InChI=1S/C20H21ClF3N3O5/c1-11-4-2-3-7-19(11)17(30)27(18(31)26-19)9-16(29)32-10-15(28)25-14-6-5-12(21)8-13(14)20(22,23)24/h5-6,8,11H,2-4,7,9-10H2,1H3,(H,25,28)(H,26,31). The Hall–Kier alpha value is -2.82. The minimum atomic E-state index is -4.76. The predicted octanol–water partition coefficient (Wildman–Crippen LogP) is 3.34. The zero-order valence-electron chi connectivity index (χ0n) is 17.1. The van der Waals surface area contributed by atoms with Crippen molar-refractivity contribution < 1.29 is 37.1 Å². The third kappa shape index (κ3) is 4.82. The Kier molecular flexibility index (Phi) is 6.68. The van der Waals surface area contributed by atoms with Gasteiger partial charge < -0.3 is 15.4 Å². The molecule has 174 valence electrons. The van der Waals surface area contributed by atoms with Gasteiger partial charge in [0.05, 0.1) is 11.3 Å². The van der Waals surface area contributed by atoms with Crippen LogP contribution in [0.5, 0.6) is 0 Å². The van der Waals surface area contributed by atoms with Gasteiger partial charge in [0, 0.05) is 5.02 Å². The van der Waals surface area contributed by atoms with Crippen LogP contribution in [-0.2, 0) is 25.3 Å². The fraction of sp³-hybridized carbons (Fsp3) is 0.500. The number of nitrogens with one attached hydrogen (secondary N) is 2. The molecule has 2 aliphatic rings. The van der Waals surface area contributed by atoms with E-state index < -0.39 is 59.9 Å². The van der Waals surface area contributed by atoms with E-state index in [2.05, 4.69) is 5.32 Å². The van der Waals surface area contributed by atoms with Gasteiger partial charge in [0.25, 0.3) is 11.8 Å². The summed E-state index contributed by atoms with van der Waals surface area (Å²) in [7, 11) is 0. The number of benzene rings is 1. The number of halogens is 4. The summed E-state index contributed by atoms with van der Waals surface area (Å²) in [5, 5.41) is 4.52. The first-order valence-corrected chi connectivity index (χ1v) is 10.3. The van der Waals surface area contributed by atoms with E-state index in [1.165, 1.54) is 0 Å². The zero-order chi connectivity index (χ0) is 23.7. The number of ether oxygens (including phenoxy) is 1. The third-order valence-electron chi connectivity index (χ3n) is 5.71. The summed E-state index contributed by atoms with van der Waals surface area (Å²) in [5.41, 5.74) is -2.75. The molecular formula is C20H21ClF3N3O5. The molecule has 1 aromatic rings. The smallest absolute Gasteiger partial charge is 0.418 e. The van der Waals surface area contributed by atoms with E-state index in [0.29, 0.717) is 12.5 Å². The van der Waals surface area contributed by atoms with Crippen LogP contribution in [0.3, 0.4) is 0 Å². The molecule has 2 N–H and O–H groups in total. The first-order chi connectivity index (χ1) is 14.9. The highest BCUT2D eigenvalue weighted by atomic mass is 35.5. The molecule has 2 unspecified atom stereocenters. The Balaban J connectivity index is 1.57. The molecule has 1 saturated carbocycles. The molecule has 1 heterocycles. The van der Waals surface area contributed by atoms with Crippen LogP contribution >= 0.6 is 11.6 Å². The lowest BCUT2D eigenvalue weighted by molar-refractivity contribution is -0.150. The van der Waals surface area contributed by atoms with E-state index in [9.17, 15) is 32.3 Å². The monoisotopic (exact) mass is 475 g/mol. The average Bonchev–Trinajstić information content (AvgIpc) is 2.94. The number of hydrogen-bond acceptors (Lipinski definition) is 5. The molecule has 0 bridgehead atoms. The lowest BCUT2D eigenvalue weighted by Gasteiger charge is -2.36. The molecular weight excluding hydrogens is 455 g/mol. The van der Waals surface area contributed by atoms with Crippen molar-refractivity contribution in [3.8, 4) is 0 Å². The van der Waals surface area contributed by atoms with Crippen LogP contribution in [0.4, 0.5) is 23.7 Å². The van der Waals surface area contributed by atoms with Gasteiger partial charge in [0.15, 0.2) is 6.61 Å². The molecule has 2 fully saturated rings. The van der Waals surface area contributed by atoms with Gasteiger partial charge >= 0.3 is 18.2 Å². The van der Waals surface area contributed by atoms with E-state index in [1.807, 2.05) is 12.2 Å². The summed E-state index contributed by atoms with van der Waals surface area (Å²) < 4.78 is 44.1. The predicted molar refractivity (Wildman–Crippen MR) is 107 cm³/mol. The minimum Gasteiger partial charge on any atom is -0.454 e. The Labute approximate surface area is 186 Å². The molecule has 1 aliphatic heterocycles. The fourth-order valence-electron chi connectivity index (χ4n) is 4.01. The van der Waals surface area contributed by atoms with Gasteiger partial charge in [-0.25, -0.2) is 4.79 Å². The molecule has 1 aromatic carbocycles. The van der Waals surface area contributed by atoms with E-state index in [0.717, 1.165) is 36.3 Å². The molecule has 2 atom stereocenters. The summed E-state index contributed by atoms with van der Waals surface area (Å²) in [6.07, 6.45) is -1.84. The van der Waals surface area contributed by atoms with Crippen LogP contribution in [0.2, 0.25) is 5.02 Å². The fourth-order valence-corrected chi connectivity index (χ4v) is 4.18. The maximum Gasteiger partial charge on any atom is 0.418 e. The highest BCUT2D eigenvalue weighted by Crippen LogP contribution is 2.38. The molecule has 1 aliphatic carbocycles. The Bertz CT molecular complexity index is 955. The topological polar surface area (TPSA) is 105 Å². The number of anilines is 1.